The molecule has 6 nitrogen and oxygen atoms in total. The molecule has 0 bridgehead atoms. The summed E-state index contributed by atoms with van der Waals surface area (Å²) in [5.74, 6) is 0. The van der Waals surface area contributed by atoms with E-state index in [0.29, 0.717) is 0 Å². The third-order valence-electron chi connectivity index (χ3n) is 2.43. The molecule has 0 saturated carbocycles. The van der Waals surface area contributed by atoms with E-state index in [0.717, 1.165) is 22.2 Å². The van der Waals surface area contributed by atoms with Crippen molar-refractivity contribution in [1.82, 2.24) is 29.9 Å². The number of aromatic nitrogens is 6. The zero-order valence-corrected chi connectivity index (χ0v) is 9.41. The van der Waals surface area contributed by atoms with E-state index >= 15 is 0 Å². The van der Waals surface area contributed by atoms with Gasteiger partial charge in [0.05, 0.1) is 29.9 Å². The number of imidazole rings is 2. The number of rotatable bonds is 0. The molecule has 0 aliphatic heterocycles. The number of aromatic amines is 2. The number of hydrogen-bond acceptors (Lipinski definition) is 4. The number of hydrogen-bond donors (Lipinski definition) is 2. The molecule has 1 aromatic carbocycles. The largest absolute Gasteiger partial charge is 0.345 e. The molecule has 3 heterocycles. The molecule has 0 aliphatic carbocycles. The average molecular weight is 238 g/mol. The summed E-state index contributed by atoms with van der Waals surface area (Å²) in [7, 11) is 0. The Morgan fingerprint density at radius 2 is 1.67 bits per heavy atom. The van der Waals surface area contributed by atoms with E-state index in [1.807, 2.05) is 24.3 Å². The predicted octanol–water partition coefficient (Wildman–Crippen LogP) is 1.92. The van der Waals surface area contributed by atoms with E-state index in [2.05, 4.69) is 29.9 Å². The minimum Gasteiger partial charge on any atom is -0.345 e. The number of H-pyrrole nitrogens is 2. The maximum absolute atomic E-state index is 4.06. The third-order valence-corrected chi connectivity index (χ3v) is 2.43. The molecule has 88 valence electrons. The Labute approximate surface area is 102 Å². The van der Waals surface area contributed by atoms with Crippen molar-refractivity contribution >= 4 is 22.2 Å². The highest BCUT2D eigenvalue weighted by Gasteiger charge is 1.91. The number of benzene rings is 1. The molecular formula is C12H10N6. The molecule has 3 aromatic heterocycles. The van der Waals surface area contributed by atoms with E-state index in [1.54, 1.807) is 18.9 Å². The second-order valence-electron chi connectivity index (χ2n) is 3.58. The Hall–Kier alpha value is -2.76. The van der Waals surface area contributed by atoms with Crippen molar-refractivity contribution in [2.45, 2.75) is 0 Å². The van der Waals surface area contributed by atoms with Gasteiger partial charge in [0.25, 0.3) is 0 Å². The Kier molecular flexibility index (Phi) is 2.67. The average Bonchev–Trinajstić information content (AvgIpc) is 3.08. The van der Waals surface area contributed by atoms with Gasteiger partial charge in [0.1, 0.15) is 11.8 Å². The van der Waals surface area contributed by atoms with E-state index < -0.39 is 0 Å². The summed E-state index contributed by atoms with van der Waals surface area (Å²) in [6, 6.07) is 7.94. The lowest BCUT2D eigenvalue weighted by Crippen LogP contribution is -1.76. The maximum Gasteiger partial charge on any atom is 0.160 e. The van der Waals surface area contributed by atoms with Crippen molar-refractivity contribution in [3.8, 4) is 0 Å². The fourth-order valence-corrected chi connectivity index (χ4v) is 1.57. The predicted molar refractivity (Wildman–Crippen MR) is 67.8 cm³/mol. The van der Waals surface area contributed by atoms with Gasteiger partial charge < -0.3 is 9.97 Å². The first-order chi connectivity index (χ1) is 8.93. The second kappa shape index (κ2) is 4.62. The van der Waals surface area contributed by atoms with Crippen LogP contribution in [0.5, 0.6) is 0 Å². The van der Waals surface area contributed by atoms with Crippen molar-refractivity contribution in [2.75, 3.05) is 0 Å². The quantitative estimate of drug-likeness (QED) is 0.490. The van der Waals surface area contributed by atoms with Crippen molar-refractivity contribution in [2.24, 2.45) is 0 Å². The highest BCUT2D eigenvalue weighted by atomic mass is 15.0. The van der Waals surface area contributed by atoms with Gasteiger partial charge in [-0.3, -0.25) is 0 Å². The molecule has 0 spiro atoms. The molecule has 4 rings (SSSR count). The molecule has 0 fully saturated rings. The Morgan fingerprint density at radius 1 is 0.833 bits per heavy atom. The maximum atomic E-state index is 4.06. The van der Waals surface area contributed by atoms with Crippen LogP contribution < -0.4 is 0 Å². The summed E-state index contributed by atoms with van der Waals surface area (Å²) in [5.41, 5.74) is 3.71. The van der Waals surface area contributed by atoms with Crippen LogP contribution in [0.25, 0.3) is 22.2 Å². The smallest absolute Gasteiger partial charge is 0.160 e. The van der Waals surface area contributed by atoms with E-state index in [4.69, 9.17) is 0 Å². The van der Waals surface area contributed by atoms with Gasteiger partial charge in [-0.05, 0) is 12.1 Å². The summed E-state index contributed by atoms with van der Waals surface area (Å²) in [6.45, 7) is 0. The summed E-state index contributed by atoms with van der Waals surface area (Å²) in [5, 5.41) is 0. The number of para-hydroxylation sites is 2. The van der Waals surface area contributed by atoms with Crippen LogP contribution in [0, 0.1) is 0 Å². The number of nitrogens with zero attached hydrogens (tertiary/aromatic N) is 4. The molecular weight excluding hydrogens is 228 g/mol. The number of fused-ring (bicyclic) bond motifs is 2. The minimum absolute atomic E-state index is 0.782. The Morgan fingerprint density at radius 3 is 2.56 bits per heavy atom. The summed E-state index contributed by atoms with van der Waals surface area (Å²) < 4.78 is 0. The molecule has 0 radical (unpaired) electrons. The van der Waals surface area contributed by atoms with Crippen LogP contribution in [0.15, 0.2) is 49.4 Å². The monoisotopic (exact) mass is 238 g/mol. The Bertz CT molecular complexity index is 631. The van der Waals surface area contributed by atoms with Gasteiger partial charge in [-0.1, -0.05) is 12.1 Å². The lowest BCUT2D eigenvalue weighted by molar-refractivity contribution is 1.20. The van der Waals surface area contributed by atoms with Crippen LogP contribution in [0.1, 0.15) is 0 Å². The number of nitrogens with one attached hydrogen (secondary N) is 2. The van der Waals surface area contributed by atoms with Crippen LogP contribution in [-0.4, -0.2) is 29.9 Å². The molecule has 0 amide bonds. The van der Waals surface area contributed by atoms with Crippen LogP contribution in [-0.2, 0) is 0 Å². The molecule has 18 heavy (non-hydrogen) atoms. The van der Waals surface area contributed by atoms with Gasteiger partial charge in [-0.25, -0.2) is 19.9 Å². The first-order valence-corrected chi connectivity index (χ1v) is 5.41. The Balaban J connectivity index is 0.000000111. The molecule has 0 saturated heterocycles. The van der Waals surface area contributed by atoms with Crippen LogP contribution in [0.3, 0.4) is 0 Å². The van der Waals surface area contributed by atoms with Crippen LogP contribution in [0.2, 0.25) is 0 Å². The molecule has 4 aromatic rings. The highest BCUT2D eigenvalue weighted by molar-refractivity contribution is 5.73. The minimum atomic E-state index is 0.782. The third kappa shape index (κ3) is 2.03. The summed E-state index contributed by atoms with van der Waals surface area (Å²) >= 11 is 0. The fourth-order valence-electron chi connectivity index (χ4n) is 1.57. The summed E-state index contributed by atoms with van der Waals surface area (Å²) in [6.07, 6.45) is 6.45. The van der Waals surface area contributed by atoms with E-state index in [-0.39, 0.29) is 0 Å². The van der Waals surface area contributed by atoms with Gasteiger partial charge in [0.2, 0.25) is 0 Å². The van der Waals surface area contributed by atoms with Gasteiger partial charge in [0.15, 0.2) is 5.65 Å². The van der Waals surface area contributed by atoms with Crippen molar-refractivity contribution < 1.29 is 0 Å². The zero-order valence-electron chi connectivity index (χ0n) is 9.41. The highest BCUT2D eigenvalue weighted by Crippen LogP contribution is 2.05. The van der Waals surface area contributed by atoms with Crippen molar-refractivity contribution in [1.29, 1.82) is 0 Å². The van der Waals surface area contributed by atoms with Crippen LogP contribution >= 0.6 is 0 Å². The zero-order chi connectivity index (χ0) is 12.2. The van der Waals surface area contributed by atoms with Crippen molar-refractivity contribution in [3.05, 3.63) is 49.4 Å². The molecule has 6 heteroatoms. The first kappa shape index (κ1) is 10.4. The van der Waals surface area contributed by atoms with E-state index in [1.165, 1.54) is 6.33 Å². The summed E-state index contributed by atoms with van der Waals surface area (Å²) in [4.78, 5) is 21.6. The van der Waals surface area contributed by atoms with Crippen LogP contribution in [0.4, 0.5) is 0 Å². The molecule has 0 unspecified atom stereocenters. The standard InChI is InChI=1S/C7H6N2.C5H4N4/c1-2-4-7-6(3-1)8-5-9-7;1-4-5(8-2-6-1)9-3-7-4/h1-5H,(H,8,9);1-3H,(H,6,7,8,9). The SMILES string of the molecule is c1ccc2[nH]cnc2c1.c1ncc2nc[nH]c2n1. The van der Waals surface area contributed by atoms with E-state index in [9.17, 15) is 0 Å². The molecule has 0 aliphatic rings. The lowest BCUT2D eigenvalue weighted by atomic mass is 10.3. The fraction of sp³-hybridized carbons (Fsp3) is 0. The molecule has 0 atom stereocenters. The van der Waals surface area contributed by atoms with Gasteiger partial charge >= 0.3 is 0 Å². The van der Waals surface area contributed by atoms with Crippen molar-refractivity contribution in [3.63, 3.8) is 0 Å². The van der Waals surface area contributed by atoms with Gasteiger partial charge in [0, 0.05) is 0 Å². The topological polar surface area (TPSA) is 83.1 Å². The normalized spacial score (nSPS) is 10.2. The van der Waals surface area contributed by atoms with Gasteiger partial charge in [-0.15, -0.1) is 0 Å². The molecule has 2 N–H and O–H groups in total. The lowest BCUT2D eigenvalue weighted by Gasteiger charge is -1.81. The second-order valence-corrected chi connectivity index (χ2v) is 3.58. The first-order valence-electron chi connectivity index (χ1n) is 5.41. The van der Waals surface area contributed by atoms with Gasteiger partial charge in [-0.2, -0.15) is 0 Å².